The van der Waals surface area contributed by atoms with E-state index in [9.17, 15) is 18.0 Å². The zero-order valence-electron chi connectivity index (χ0n) is 15.2. The Bertz CT molecular complexity index is 846. The van der Waals surface area contributed by atoms with Crippen LogP contribution in [0.2, 0.25) is 0 Å². The van der Waals surface area contributed by atoms with Gasteiger partial charge in [0.25, 0.3) is 0 Å². The van der Waals surface area contributed by atoms with Gasteiger partial charge >= 0.3 is 12.2 Å². The second kappa shape index (κ2) is 9.46. The topological polar surface area (TPSA) is 67.6 Å². The fourth-order valence-corrected chi connectivity index (χ4v) is 3.15. The van der Waals surface area contributed by atoms with Gasteiger partial charge in [0.05, 0.1) is 19.4 Å². The summed E-state index contributed by atoms with van der Waals surface area (Å²) in [5.74, 6) is 0.527. The first-order valence-corrected chi connectivity index (χ1v) is 9.49. The molecule has 10 heteroatoms. The van der Waals surface area contributed by atoms with Crippen LogP contribution in [-0.2, 0) is 19.6 Å². The van der Waals surface area contributed by atoms with Crippen molar-refractivity contribution < 1.29 is 27.1 Å². The summed E-state index contributed by atoms with van der Waals surface area (Å²) in [5, 5.41) is 4.73. The third kappa shape index (κ3) is 6.83. The van der Waals surface area contributed by atoms with Gasteiger partial charge in [-0.1, -0.05) is 12.1 Å². The molecule has 0 spiro atoms. The number of nitrogens with one attached hydrogen (secondary N) is 1. The van der Waals surface area contributed by atoms with Crippen molar-refractivity contribution in [3.8, 4) is 5.88 Å². The summed E-state index contributed by atoms with van der Waals surface area (Å²) in [6.07, 6.45) is -1.51. The van der Waals surface area contributed by atoms with Crippen molar-refractivity contribution in [3.05, 3.63) is 70.4 Å². The summed E-state index contributed by atoms with van der Waals surface area (Å²) in [6, 6.07) is 9.98. The Labute approximate surface area is 168 Å². The number of carbonyl (C=O) groups is 1. The third-order valence-electron chi connectivity index (χ3n) is 3.77. The zero-order valence-corrected chi connectivity index (χ0v) is 16.0. The van der Waals surface area contributed by atoms with Gasteiger partial charge in [-0.05, 0) is 29.1 Å². The molecular formula is C19H18F3N3O3S. The van der Waals surface area contributed by atoms with E-state index in [0.717, 1.165) is 4.88 Å². The number of hydrogen-bond acceptors (Lipinski definition) is 5. The van der Waals surface area contributed by atoms with E-state index < -0.39 is 12.8 Å². The number of thiophene rings is 1. The van der Waals surface area contributed by atoms with Gasteiger partial charge in [0.15, 0.2) is 6.61 Å². The lowest BCUT2D eigenvalue weighted by molar-refractivity contribution is -0.154. The van der Waals surface area contributed by atoms with Crippen LogP contribution in [0.1, 0.15) is 16.2 Å². The summed E-state index contributed by atoms with van der Waals surface area (Å²) >= 11 is 1.55. The van der Waals surface area contributed by atoms with Crippen LogP contribution in [0.25, 0.3) is 0 Å². The van der Waals surface area contributed by atoms with Gasteiger partial charge in [0.1, 0.15) is 5.76 Å². The van der Waals surface area contributed by atoms with Gasteiger partial charge in [-0.25, -0.2) is 9.78 Å². The first-order valence-electron chi connectivity index (χ1n) is 8.61. The number of pyridine rings is 1. The molecule has 3 aromatic heterocycles. The number of ether oxygens (including phenoxy) is 1. The van der Waals surface area contributed by atoms with Crippen LogP contribution in [0.3, 0.4) is 0 Å². The Hall–Kier alpha value is -3.01. The molecule has 3 rings (SSSR count). The summed E-state index contributed by atoms with van der Waals surface area (Å²) in [5.41, 5.74) is 0.631. The standard InChI is InChI=1S/C19H18F3N3O3S/c20-19(21,22)13-28-17-6-5-14(9-23-17)10-24-18(26)25(11-15-3-1-7-27-15)12-16-4-2-8-29-16/h1-9H,10-13H2,(H,24,26). The lowest BCUT2D eigenvalue weighted by atomic mass is 10.3. The summed E-state index contributed by atoms with van der Waals surface area (Å²) in [7, 11) is 0. The highest BCUT2D eigenvalue weighted by atomic mass is 32.1. The lowest BCUT2D eigenvalue weighted by Gasteiger charge is -2.21. The van der Waals surface area contributed by atoms with Crippen LogP contribution in [0, 0.1) is 0 Å². The molecule has 0 unspecified atom stereocenters. The molecule has 29 heavy (non-hydrogen) atoms. The molecule has 2 amide bonds. The van der Waals surface area contributed by atoms with Crippen LogP contribution in [0.4, 0.5) is 18.0 Å². The number of furan rings is 1. The predicted octanol–water partition coefficient (Wildman–Crippen LogP) is 4.59. The Morgan fingerprint density at radius 1 is 1.21 bits per heavy atom. The molecule has 0 fully saturated rings. The quantitative estimate of drug-likeness (QED) is 0.573. The van der Waals surface area contributed by atoms with Crippen molar-refractivity contribution in [2.75, 3.05) is 6.61 Å². The smallest absolute Gasteiger partial charge is 0.422 e. The van der Waals surface area contributed by atoms with Crippen molar-refractivity contribution in [2.45, 2.75) is 25.8 Å². The van der Waals surface area contributed by atoms with Crippen molar-refractivity contribution in [1.29, 1.82) is 0 Å². The highest BCUT2D eigenvalue weighted by molar-refractivity contribution is 7.09. The summed E-state index contributed by atoms with van der Waals surface area (Å²) < 4.78 is 46.4. The molecule has 0 aliphatic carbocycles. The van der Waals surface area contributed by atoms with E-state index in [0.29, 0.717) is 24.4 Å². The van der Waals surface area contributed by atoms with E-state index in [2.05, 4.69) is 15.0 Å². The van der Waals surface area contributed by atoms with Gasteiger partial charge in [-0.2, -0.15) is 13.2 Å². The van der Waals surface area contributed by atoms with Gasteiger partial charge in [-0.3, -0.25) is 0 Å². The largest absolute Gasteiger partial charge is 0.468 e. The Balaban J connectivity index is 1.56. The van der Waals surface area contributed by atoms with Crippen molar-refractivity contribution >= 4 is 17.4 Å². The minimum atomic E-state index is -4.42. The number of amides is 2. The number of rotatable bonds is 8. The molecule has 3 aromatic rings. The second-order valence-electron chi connectivity index (χ2n) is 6.08. The lowest BCUT2D eigenvalue weighted by Crippen LogP contribution is -2.38. The fraction of sp³-hybridized carbons (Fsp3) is 0.263. The van der Waals surface area contributed by atoms with E-state index >= 15 is 0 Å². The van der Waals surface area contributed by atoms with E-state index in [4.69, 9.17) is 4.42 Å². The molecule has 3 heterocycles. The Morgan fingerprint density at radius 3 is 2.69 bits per heavy atom. The highest BCUT2D eigenvalue weighted by Gasteiger charge is 2.28. The van der Waals surface area contributed by atoms with Crippen LogP contribution in [0.15, 0.2) is 58.7 Å². The number of carbonyl (C=O) groups excluding carboxylic acids is 1. The molecule has 0 aliphatic heterocycles. The van der Waals surface area contributed by atoms with Gasteiger partial charge in [0.2, 0.25) is 5.88 Å². The SMILES string of the molecule is O=C(NCc1ccc(OCC(F)(F)F)nc1)N(Cc1ccco1)Cc1cccs1. The number of urea groups is 1. The molecule has 6 nitrogen and oxygen atoms in total. The number of hydrogen-bond donors (Lipinski definition) is 1. The van der Waals surface area contributed by atoms with Crippen molar-refractivity contribution in [1.82, 2.24) is 15.2 Å². The first-order chi connectivity index (χ1) is 13.9. The number of aromatic nitrogens is 1. The fourth-order valence-electron chi connectivity index (χ4n) is 2.43. The molecular weight excluding hydrogens is 407 g/mol. The average molecular weight is 425 g/mol. The maximum absolute atomic E-state index is 12.7. The van der Waals surface area contributed by atoms with Crippen LogP contribution < -0.4 is 10.1 Å². The molecule has 0 atom stereocenters. The number of alkyl halides is 3. The highest BCUT2D eigenvalue weighted by Crippen LogP contribution is 2.17. The van der Waals surface area contributed by atoms with E-state index in [1.165, 1.54) is 12.3 Å². The van der Waals surface area contributed by atoms with Gasteiger partial charge in [0, 0.05) is 23.7 Å². The van der Waals surface area contributed by atoms with Crippen molar-refractivity contribution in [3.63, 3.8) is 0 Å². The molecule has 0 aromatic carbocycles. The van der Waals surface area contributed by atoms with E-state index in [1.54, 1.807) is 40.7 Å². The molecule has 0 radical (unpaired) electrons. The van der Waals surface area contributed by atoms with Gasteiger partial charge < -0.3 is 19.4 Å². The Kier molecular flexibility index (Phi) is 6.76. The van der Waals surface area contributed by atoms with Gasteiger partial charge in [-0.15, -0.1) is 11.3 Å². The van der Waals surface area contributed by atoms with Crippen LogP contribution in [0.5, 0.6) is 5.88 Å². The van der Waals surface area contributed by atoms with Crippen LogP contribution >= 0.6 is 11.3 Å². The number of halogens is 3. The molecule has 1 N–H and O–H groups in total. The molecule has 0 saturated heterocycles. The van der Waals surface area contributed by atoms with E-state index in [-0.39, 0.29) is 18.5 Å². The third-order valence-corrected chi connectivity index (χ3v) is 4.63. The zero-order chi connectivity index (χ0) is 20.7. The Morgan fingerprint density at radius 2 is 2.07 bits per heavy atom. The molecule has 154 valence electrons. The minimum Gasteiger partial charge on any atom is -0.468 e. The molecule has 0 saturated carbocycles. The molecule has 0 bridgehead atoms. The summed E-state index contributed by atoms with van der Waals surface area (Å²) in [6.45, 7) is -0.503. The maximum Gasteiger partial charge on any atom is 0.422 e. The molecule has 0 aliphatic rings. The monoisotopic (exact) mass is 425 g/mol. The van der Waals surface area contributed by atoms with Crippen LogP contribution in [-0.4, -0.2) is 28.7 Å². The normalized spacial score (nSPS) is 11.3. The van der Waals surface area contributed by atoms with E-state index in [1.807, 2.05) is 17.5 Å². The van der Waals surface area contributed by atoms with Crippen molar-refractivity contribution in [2.24, 2.45) is 0 Å². The maximum atomic E-state index is 12.7. The average Bonchev–Trinajstić information content (AvgIpc) is 3.38. The summed E-state index contributed by atoms with van der Waals surface area (Å²) in [4.78, 5) is 19.1. The second-order valence-corrected chi connectivity index (χ2v) is 7.11. The number of nitrogens with zero attached hydrogens (tertiary/aromatic N) is 2. The predicted molar refractivity (Wildman–Crippen MR) is 100 cm³/mol. The minimum absolute atomic E-state index is 0.130. The first kappa shape index (κ1) is 20.7.